The van der Waals surface area contributed by atoms with Gasteiger partial charge in [-0.1, -0.05) is 6.58 Å². The van der Waals surface area contributed by atoms with Gasteiger partial charge in [0.15, 0.2) is 5.65 Å². The SMILES string of the molecule is C=CC(=O)N1CCCC(Nc2cnc3[nH]cc(C(=O)NCC)c3n2)C1. The number of hydrogen-bond acceptors (Lipinski definition) is 5. The minimum Gasteiger partial charge on any atom is -0.364 e. The first-order valence-electron chi connectivity index (χ1n) is 8.42. The van der Waals surface area contributed by atoms with E-state index in [1.807, 2.05) is 6.92 Å². The van der Waals surface area contributed by atoms with Gasteiger partial charge < -0.3 is 20.5 Å². The number of H-pyrrole nitrogens is 1. The molecule has 0 aromatic carbocycles. The first kappa shape index (κ1) is 16.9. The fraction of sp³-hybridized carbons (Fsp3) is 0.412. The highest BCUT2D eigenvalue weighted by atomic mass is 16.2. The van der Waals surface area contributed by atoms with Crippen LogP contribution in [0.3, 0.4) is 0 Å². The van der Waals surface area contributed by atoms with E-state index in [9.17, 15) is 9.59 Å². The number of likely N-dealkylation sites (tertiary alicyclic amines) is 1. The van der Waals surface area contributed by atoms with E-state index in [0.29, 0.717) is 35.6 Å². The Bertz CT molecular complexity index is 800. The van der Waals surface area contributed by atoms with Crippen LogP contribution in [0.2, 0.25) is 0 Å². The number of amides is 2. The Balaban J connectivity index is 1.77. The second-order valence-electron chi connectivity index (χ2n) is 5.99. The predicted octanol–water partition coefficient (Wildman–Crippen LogP) is 1.30. The van der Waals surface area contributed by atoms with Gasteiger partial charge in [0, 0.05) is 31.9 Å². The Morgan fingerprint density at radius 3 is 3.12 bits per heavy atom. The van der Waals surface area contributed by atoms with Crippen molar-refractivity contribution < 1.29 is 9.59 Å². The molecule has 2 aromatic heterocycles. The summed E-state index contributed by atoms with van der Waals surface area (Å²) in [7, 11) is 0. The van der Waals surface area contributed by atoms with Crippen LogP contribution in [0.25, 0.3) is 11.2 Å². The summed E-state index contributed by atoms with van der Waals surface area (Å²) in [5.74, 6) is 0.355. The quantitative estimate of drug-likeness (QED) is 0.711. The van der Waals surface area contributed by atoms with Gasteiger partial charge in [0.25, 0.3) is 5.91 Å². The molecule has 2 aromatic rings. The largest absolute Gasteiger partial charge is 0.364 e. The third kappa shape index (κ3) is 3.62. The molecule has 0 saturated carbocycles. The molecule has 0 spiro atoms. The van der Waals surface area contributed by atoms with Gasteiger partial charge in [-0.3, -0.25) is 9.59 Å². The summed E-state index contributed by atoms with van der Waals surface area (Å²) in [4.78, 5) is 37.5. The number of carbonyl (C=O) groups is 2. The lowest BCUT2D eigenvalue weighted by molar-refractivity contribution is -0.127. The van der Waals surface area contributed by atoms with Crippen molar-refractivity contribution in [3.8, 4) is 0 Å². The third-order valence-electron chi connectivity index (χ3n) is 4.22. The molecule has 1 saturated heterocycles. The van der Waals surface area contributed by atoms with Crippen LogP contribution in [0.1, 0.15) is 30.1 Å². The van der Waals surface area contributed by atoms with Crippen LogP contribution >= 0.6 is 0 Å². The normalized spacial score (nSPS) is 17.3. The highest BCUT2D eigenvalue weighted by molar-refractivity contribution is 6.04. The molecular formula is C17H22N6O2. The number of rotatable bonds is 5. The van der Waals surface area contributed by atoms with E-state index in [1.165, 1.54) is 6.08 Å². The monoisotopic (exact) mass is 342 g/mol. The molecule has 0 aliphatic carbocycles. The fourth-order valence-electron chi connectivity index (χ4n) is 3.02. The molecule has 2 amide bonds. The van der Waals surface area contributed by atoms with Crippen LogP contribution in [0.15, 0.2) is 25.0 Å². The van der Waals surface area contributed by atoms with Gasteiger partial charge in [0.05, 0.1) is 11.8 Å². The van der Waals surface area contributed by atoms with Gasteiger partial charge in [-0.2, -0.15) is 0 Å². The smallest absolute Gasteiger partial charge is 0.255 e. The molecule has 1 fully saturated rings. The number of piperidine rings is 1. The lowest BCUT2D eigenvalue weighted by Gasteiger charge is -2.32. The molecule has 3 rings (SSSR count). The lowest BCUT2D eigenvalue weighted by atomic mass is 10.1. The van der Waals surface area contributed by atoms with Crippen LogP contribution in [-0.4, -0.2) is 57.3 Å². The van der Waals surface area contributed by atoms with E-state index in [0.717, 1.165) is 19.4 Å². The molecule has 1 unspecified atom stereocenters. The van der Waals surface area contributed by atoms with Gasteiger partial charge in [-0.25, -0.2) is 9.97 Å². The maximum atomic E-state index is 12.1. The van der Waals surface area contributed by atoms with Crippen molar-refractivity contribution in [2.45, 2.75) is 25.8 Å². The van der Waals surface area contributed by atoms with E-state index < -0.39 is 0 Å². The number of nitrogens with one attached hydrogen (secondary N) is 3. The molecule has 25 heavy (non-hydrogen) atoms. The topological polar surface area (TPSA) is 103 Å². The summed E-state index contributed by atoms with van der Waals surface area (Å²) < 4.78 is 0. The van der Waals surface area contributed by atoms with Crippen LogP contribution in [0, 0.1) is 0 Å². The minimum atomic E-state index is -0.180. The van der Waals surface area contributed by atoms with E-state index in [1.54, 1.807) is 17.3 Å². The Morgan fingerprint density at radius 1 is 1.52 bits per heavy atom. The highest BCUT2D eigenvalue weighted by Gasteiger charge is 2.23. The Hall–Kier alpha value is -2.90. The van der Waals surface area contributed by atoms with Crippen LogP contribution in [0.5, 0.6) is 0 Å². The lowest BCUT2D eigenvalue weighted by Crippen LogP contribution is -2.44. The number of fused-ring (bicyclic) bond motifs is 1. The van der Waals surface area contributed by atoms with Gasteiger partial charge in [-0.05, 0) is 25.8 Å². The number of aromatic nitrogens is 3. The molecule has 0 bridgehead atoms. The summed E-state index contributed by atoms with van der Waals surface area (Å²) in [5, 5.41) is 6.09. The maximum absolute atomic E-state index is 12.1. The van der Waals surface area contributed by atoms with Crippen molar-refractivity contribution in [2.75, 3.05) is 25.0 Å². The Labute approximate surface area is 145 Å². The molecule has 1 aliphatic heterocycles. The molecule has 0 radical (unpaired) electrons. The molecule has 8 heteroatoms. The summed E-state index contributed by atoms with van der Waals surface area (Å²) in [6, 6.07) is 0.0938. The Morgan fingerprint density at radius 2 is 2.36 bits per heavy atom. The average Bonchev–Trinajstić information content (AvgIpc) is 3.05. The van der Waals surface area contributed by atoms with Crippen molar-refractivity contribution in [1.29, 1.82) is 0 Å². The number of carbonyl (C=O) groups excluding carboxylic acids is 2. The van der Waals surface area contributed by atoms with Crippen molar-refractivity contribution in [1.82, 2.24) is 25.2 Å². The van der Waals surface area contributed by atoms with Crippen LogP contribution in [0.4, 0.5) is 5.82 Å². The van der Waals surface area contributed by atoms with E-state index in [-0.39, 0.29) is 17.9 Å². The van der Waals surface area contributed by atoms with E-state index in [4.69, 9.17) is 0 Å². The standard InChI is InChI=1S/C17H22N6O2/c1-3-14(24)23-7-5-6-11(10-23)21-13-9-20-16-15(22-13)12(8-19-16)17(25)18-4-2/h3,8-9,11H,1,4-7,10H2,2H3,(H,18,25)(H,19,20)(H,21,22). The van der Waals surface area contributed by atoms with Gasteiger partial charge >= 0.3 is 0 Å². The predicted molar refractivity (Wildman–Crippen MR) is 95.3 cm³/mol. The zero-order valence-corrected chi connectivity index (χ0v) is 14.2. The van der Waals surface area contributed by atoms with Gasteiger partial charge in [-0.15, -0.1) is 0 Å². The molecule has 1 aliphatic rings. The molecule has 3 heterocycles. The molecule has 8 nitrogen and oxygen atoms in total. The first-order valence-corrected chi connectivity index (χ1v) is 8.42. The minimum absolute atomic E-state index is 0.0582. The van der Waals surface area contributed by atoms with Crippen molar-refractivity contribution in [2.24, 2.45) is 0 Å². The molecule has 132 valence electrons. The number of aromatic amines is 1. The number of hydrogen-bond donors (Lipinski definition) is 3. The van der Waals surface area contributed by atoms with Crippen LogP contribution < -0.4 is 10.6 Å². The molecule has 1 atom stereocenters. The summed E-state index contributed by atoms with van der Waals surface area (Å²) in [6.07, 6.45) is 6.45. The number of nitrogens with zero attached hydrogens (tertiary/aromatic N) is 3. The van der Waals surface area contributed by atoms with Crippen molar-refractivity contribution in [3.63, 3.8) is 0 Å². The molecule has 3 N–H and O–H groups in total. The maximum Gasteiger partial charge on any atom is 0.255 e. The van der Waals surface area contributed by atoms with Crippen molar-refractivity contribution in [3.05, 3.63) is 30.6 Å². The highest BCUT2D eigenvalue weighted by Crippen LogP contribution is 2.19. The van der Waals surface area contributed by atoms with Gasteiger partial charge in [0.1, 0.15) is 11.3 Å². The Kier molecular flexibility index (Phi) is 4.97. The molecular weight excluding hydrogens is 320 g/mol. The van der Waals surface area contributed by atoms with E-state index in [2.05, 4.69) is 32.2 Å². The van der Waals surface area contributed by atoms with Gasteiger partial charge in [0.2, 0.25) is 5.91 Å². The zero-order chi connectivity index (χ0) is 17.8. The summed E-state index contributed by atoms with van der Waals surface area (Å²) in [6.45, 7) is 7.29. The summed E-state index contributed by atoms with van der Waals surface area (Å²) in [5.41, 5.74) is 1.57. The van der Waals surface area contributed by atoms with Crippen molar-refractivity contribution >= 4 is 28.8 Å². The second-order valence-corrected chi connectivity index (χ2v) is 5.99. The zero-order valence-electron chi connectivity index (χ0n) is 14.2. The third-order valence-corrected chi connectivity index (χ3v) is 4.22. The number of anilines is 1. The first-order chi connectivity index (χ1) is 12.1. The average molecular weight is 342 g/mol. The fourth-order valence-corrected chi connectivity index (χ4v) is 3.02. The van der Waals surface area contributed by atoms with E-state index >= 15 is 0 Å². The van der Waals surface area contributed by atoms with Crippen LogP contribution in [-0.2, 0) is 4.79 Å². The second kappa shape index (κ2) is 7.33. The summed E-state index contributed by atoms with van der Waals surface area (Å²) >= 11 is 0.